The summed E-state index contributed by atoms with van der Waals surface area (Å²) in [5.41, 5.74) is -1.64. The van der Waals surface area contributed by atoms with E-state index in [1.165, 1.54) is 83.5 Å². The van der Waals surface area contributed by atoms with Crippen LogP contribution in [-0.4, -0.2) is 30.6 Å². The molecule has 0 nitrogen and oxygen atoms in total. The first-order valence-electron chi connectivity index (χ1n) is 39.4. The van der Waals surface area contributed by atoms with Crippen LogP contribution in [0.15, 0.2) is 0 Å². The van der Waals surface area contributed by atoms with Crippen molar-refractivity contribution < 1.29 is 61.5 Å². The average Bonchev–Trinajstić information content (AvgIpc) is 1.61. The fraction of sp³-hybridized carbons (Fsp3) is 1.00. The smallest absolute Gasteiger partial charge is 0.207 e. The van der Waals surface area contributed by atoms with E-state index in [4.69, 9.17) is 0 Å². The Bertz CT molecular complexity index is 2430. The van der Waals surface area contributed by atoms with Crippen molar-refractivity contribution in [3.05, 3.63) is 0 Å². The molecule has 11 fully saturated rings. The molecule has 0 aromatic heterocycles. The maximum Gasteiger partial charge on any atom is 0.395 e. The molecule has 0 bridgehead atoms. The lowest BCUT2D eigenvalue weighted by Crippen LogP contribution is -2.55. The molecule has 0 atom stereocenters. The summed E-state index contributed by atoms with van der Waals surface area (Å²) in [4.78, 5) is 0. The average molecular weight is 1450 g/mol. The van der Waals surface area contributed by atoms with Crippen LogP contribution in [0.25, 0.3) is 0 Å². The Balaban J connectivity index is 0.000000293. The molecule has 0 radical (unpaired) electrons. The van der Waals surface area contributed by atoms with Crippen molar-refractivity contribution in [1.82, 2.24) is 0 Å². The largest absolute Gasteiger partial charge is 0.395 e. The van der Waals surface area contributed by atoms with E-state index in [1.807, 2.05) is 41.5 Å². The second kappa shape index (κ2) is 30.5. The number of halogens is 14. The SMILES string of the molecule is CC(C)(C)C1(C(F)(F)F)CC1.CC(C)(C)C1(C(F)(F)F)CCC1.CC(C)(C)C1(C)CCC1.CC(C)(C)C1CC2(C1)CC(F)(F)C2.CC(C)(C)C1CC2(CCC2)C1.CC(C)(C)CC1(C(F)(F)F)CC1.CC(C)(C)CC1(C(F)(F)F)CCC1.CC(C)(C)CC1(C)CC1.CC(C)(C)CC1(C)CCC1. The van der Waals surface area contributed by atoms with Gasteiger partial charge in [-0.15, -0.1) is 0 Å². The normalized spacial score (nSPS) is 25.2. The zero-order chi connectivity index (χ0) is 78.6. The third-order valence-electron chi connectivity index (χ3n) is 26.7. The van der Waals surface area contributed by atoms with Crippen molar-refractivity contribution in [3.63, 3.8) is 0 Å². The number of alkyl halides is 14. The molecule has 11 rings (SSSR count). The standard InChI is InChI=1S/C11H18F2.C11H20.C10H17F3.C10H20.2C9H15F3.2C9H18.C8H13F3/c1-9(2,3)8-4-10(5-8)6-11(12,13)7-10;1-10(2,3)9-7-11(8-9)5-4-6-11;1-8(2,3)7-9(5-4-6-9)10(11,12)13;1-9(2,3)8-10(4)6-5-7-10;1-7(2,3)6-8(4-5-8)9(10,11)12;1-7(2,3)8(5-4-6-8)9(10,11)12;1-8(2,3)7-9(4)5-6-9;1-8(2,3)9(4)6-5-7-9;1-6(2,3)7(4-5-7)8(9,10)11/h8H,4-7H2,1-3H3;9H,4-8H2,1-3H3;4-7H2,1-3H3;5-8H2,1-4H3;2*4-6H2,1-3H3;2*5-7H2,1-4H3;4-5H2,1-3H3. The summed E-state index contributed by atoms with van der Waals surface area (Å²) in [6.07, 6.45) is 13.0. The van der Waals surface area contributed by atoms with Crippen molar-refractivity contribution in [3.8, 4) is 0 Å². The summed E-state index contributed by atoms with van der Waals surface area (Å²) in [5.74, 6) is -0.630. The molecule has 0 aromatic rings. The van der Waals surface area contributed by atoms with Crippen LogP contribution in [0.5, 0.6) is 0 Å². The van der Waals surface area contributed by atoms with Crippen LogP contribution in [0, 0.1) is 109 Å². The van der Waals surface area contributed by atoms with E-state index < -0.39 is 63.1 Å². The second-order valence-corrected chi connectivity index (χ2v) is 46.5. The number of rotatable bonds is 4. The Kier molecular flexibility index (Phi) is 28.4. The summed E-state index contributed by atoms with van der Waals surface area (Å²) in [5, 5.41) is 0. The molecule has 2 spiro atoms. The van der Waals surface area contributed by atoms with Gasteiger partial charge in [-0.25, -0.2) is 8.78 Å². The molecular formula is C86H154F14. The predicted molar refractivity (Wildman–Crippen MR) is 393 cm³/mol. The lowest BCUT2D eigenvalue weighted by molar-refractivity contribution is -0.286. The summed E-state index contributed by atoms with van der Waals surface area (Å²) < 4.78 is 176. The molecule has 0 aliphatic heterocycles. The molecule has 0 aromatic carbocycles. The minimum atomic E-state index is -4.02. The predicted octanol–water partition coefficient (Wildman–Crippen LogP) is 32.6. The summed E-state index contributed by atoms with van der Waals surface area (Å²) in [7, 11) is 0. The molecule has 14 heteroatoms. The lowest BCUT2D eigenvalue weighted by Gasteiger charge is -2.60. The van der Waals surface area contributed by atoms with Crippen LogP contribution >= 0.6 is 0 Å². The Morgan fingerprint density at radius 2 is 0.540 bits per heavy atom. The zero-order valence-electron chi connectivity index (χ0n) is 69.9. The first kappa shape index (κ1) is 93.2. The van der Waals surface area contributed by atoms with Gasteiger partial charge in [0, 0.05) is 12.8 Å². The summed E-state index contributed by atoms with van der Waals surface area (Å²) in [6.45, 7) is 63.4. The van der Waals surface area contributed by atoms with Gasteiger partial charge < -0.3 is 0 Å². The van der Waals surface area contributed by atoms with E-state index in [0.717, 1.165) is 42.4 Å². The summed E-state index contributed by atoms with van der Waals surface area (Å²) in [6, 6.07) is 0. The van der Waals surface area contributed by atoms with Crippen LogP contribution in [0.4, 0.5) is 61.5 Å². The highest BCUT2D eigenvalue weighted by Gasteiger charge is 2.69. The third-order valence-corrected chi connectivity index (χ3v) is 26.7. The highest BCUT2D eigenvalue weighted by molar-refractivity contribution is 5.10. The number of hydrogen-bond acceptors (Lipinski definition) is 0. The van der Waals surface area contributed by atoms with Crippen LogP contribution in [0.1, 0.15) is 407 Å². The molecule has 596 valence electrons. The highest BCUT2D eigenvalue weighted by atomic mass is 19.4. The molecule has 0 amide bonds. The van der Waals surface area contributed by atoms with Crippen molar-refractivity contribution >= 4 is 0 Å². The maximum absolute atomic E-state index is 12.7. The minimum Gasteiger partial charge on any atom is -0.207 e. The van der Waals surface area contributed by atoms with E-state index in [0.29, 0.717) is 95.2 Å². The van der Waals surface area contributed by atoms with E-state index in [1.54, 1.807) is 54.4 Å². The van der Waals surface area contributed by atoms with Gasteiger partial charge in [-0.05, 0) is 242 Å². The van der Waals surface area contributed by atoms with Gasteiger partial charge in [-0.2, -0.15) is 52.7 Å². The molecule has 11 aliphatic rings. The van der Waals surface area contributed by atoms with Gasteiger partial charge >= 0.3 is 24.7 Å². The van der Waals surface area contributed by atoms with Gasteiger partial charge in [-0.1, -0.05) is 240 Å². The number of hydrogen-bond donors (Lipinski definition) is 0. The quantitative estimate of drug-likeness (QED) is 0.246. The Hall–Kier alpha value is -0.980. The van der Waals surface area contributed by atoms with Crippen molar-refractivity contribution in [2.24, 2.45) is 109 Å². The van der Waals surface area contributed by atoms with Crippen LogP contribution < -0.4 is 0 Å². The van der Waals surface area contributed by atoms with Crippen LogP contribution in [-0.2, 0) is 0 Å². The first-order chi connectivity index (χ1) is 43.8. The Labute approximate surface area is 605 Å². The van der Waals surface area contributed by atoms with Crippen molar-refractivity contribution in [1.29, 1.82) is 0 Å². The Morgan fingerprint density at radius 1 is 0.270 bits per heavy atom. The summed E-state index contributed by atoms with van der Waals surface area (Å²) >= 11 is 0. The second-order valence-electron chi connectivity index (χ2n) is 46.5. The molecule has 0 saturated heterocycles. The van der Waals surface area contributed by atoms with Gasteiger partial charge in [0.25, 0.3) is 0 Å². The van der Waals surface area contributed by atoms with E-state index >= 15 is 0 Å². The molecule has 0 unspecified atom stereocenters. The topological polar surface area (TPSA) is 0 Å². The molecule has 11 saturated carbocycles. The van der Waals surface area contributed by atoms with Gasteiger partial charge in [0.1, 0.15) is 0 Å². The molecule has 0 heterocycles. The van der Waals surface area contributed by atoms with Crippen molar-refractivity contribution in [2.45, 2.75) is 437 Å². The Morgan fingerprint density at radius 3 is 0.630 bits per heavy atom. The molecule has 11 aliphatic carbocycles. The van der Waals surface area contributed by atoms with Gasteiger partial charge in [0.2, 0.25) is 5.92 Å². The fourth-order valence-corrected chi connectivity index (χ4v) is 18.5. The van der Waals surface area contributed by atoms with Gasteiger partial charge in [0.15, 0.2) is 0 Å². The van der Waals surface area contributed by atoms with Gasteiger partial charge in [0.05, 0.1) is 21.7 Å². The highest BCUT2D eigenvalue weighted by Crippen LogP contribution is 2.70. The van der Waals surface area contributed by atoms with E-state index in [-0.39, 0.29) is 41.9 Å². The van der Waals surface area contributed by atoms with E-state index in [2.05, 4.69) is 125 Å². The van der Waals surface area contributed by atoms with E-state index in [9.17, 15) is 61.5 Å². The maximum atomic E-state index is 12.7. The van der Waals surface area contributed by atoms with Gasteiger partial charge in [-0.3, -0.25) is 0 Å². The van der Waals surface area contributed by atoms with Crippen LogP contribution in [0.2, 0.25) is 0 Å². The third kappa shape index (κ3) is 26.1. The lowest BCUT2D eigenvalue weighted by atomic mass is 9.46. The molecule has 100 heavy (non-hydrogen) atoms. The fourth-order valence-electron chi connectivity index (χ4n) is 18.5. The van der Waals surface area contributed by atoms with Crippen molar-refractivity contribution in [2.75, 3.05) is 0 Å². The molecule has 0 N–H and O–H groups in total. The zero-order valence-corrected chi connectivity index (χ0v) is 69.9. The monoisotopic (exact) mass is 1450 g/mol. The molecular weight excluding hydrogens is 1300 g/mol. The minimum absolute atomic E-state index is 0.0570. The first-order valence-corrected chi connectivity index (χ1v) is 39.4. The van der Waals surface area contributed by atoms with Crippen LogP contribution in [0.3, 0.4) is 0 Å².